The van der Waals surface area contributed by atoms with Gasteiger partial charge in [-0.3, -0.25) is 24.0 Å². The molecule has 0 aliphatic carbocycles. The molecule has 48 heavy (non-hydrogen) atoms. The number of benzene rings is 1. The molecule has 17 heteroatoms. The number of β-lactam (4-membered cyclic amide) rings is 1. The van der Waals surface area contributed by atoms with Crippen molar-refractivity contribution in [3.05, 3.63) is 58.0 Å². The summed E-state index contributed by atoms with van der Waals surface area (Å²) in [7, 11) is 0. The molecule has 0 bridgehead atoms. The van der Waals surface area contributed by atoms with E-state index in [9.17, 15) is 39.0 Å². The number of carboxylic acids is 1. The fourth-order valence-corrected chi connectivity index (χ4v) is 7.88. The lowest BCUT2D eigenvalue weighted by atomic mass is 9.95. The number of aromatic hydroxyl groups is 1. The number of anilines is 1. The van der Waals surface area contributed by atoms with Crippen LogP contribution in [0.15, 0.2) is 41.5 Å². The molecule has 2 aromatic heterocycles. The van der Waals surface area contributed by atoms with Crippen LogP contribution in [0.1, 0.15) is 49.2 Å². The van der Waals surface area contributed by atoms with Gasteiger partial charge in [0.25, 0.3) is 5.91 Å². The fraction of sp³-hybridized carbons (Fsp3) is 0.419. The first kappa shape index (κ1) is 32.7. The van der Waals surface area contributed by atoms with Gasteiger partial charge in [0.1, 0.15) is 40.5 Å². The maximum atomic E-state index is 13.7. The summed E-state index contributed by atoms with van der Waals surface area (Å²) < 4.78 is -0.804. The Bertz CT molecular complexity index is 1870. The summed E-state index contributed by atoms with van der Waals surface area (Å²) >= 11 is 1.26. The summed E-state index contributed by atoms with van der Waals surface area (Å²) in [5.41, 5.74) is -0.530. The summed E-state index contributed by atoms with van der Waals surface area (Å²) in [6.07, 6.45) is 2.94. The Balaban J connectivity index is 1.20. The van der Waals surface area contributed by atoms with Crippen molar-refractivity contribution in [2.24, 2.45) is 0 Å². The molecule has 3 fully saturated rings. The Morgan fingerprint density at radius 1 is 1.10 bits per heavy atom. The van der Waals surface area contributed by atoms with E-state index in [0.717, 1.165) is 0 Å². The molecule has 5 N–H and O–H groups in total. The lowest BCUT2D eigenvalue weighted by Crippen LogP contribution is -2.71. The van der Waals surface area contributed by atoms with E-state index in [1.165, 1.54) is 53.3 Å². The Morgan fingerprint density at radius 3 is 2.44 bits per heavy atom. The van der Waals surface area contributed by atoms with E-state index in [-0.39, 0.29) is 33.8 Å². The van der Waals surface area contributed by atoms with Crippen molar-refractivity contribution < 1.29 is 34.2 Å². The van der Waals surface area contributed by atoms with Crippen molar-refractivity contribution in [3.8, 4) is 5.75 Å². The zero-order chi connectivity index (χ0) is 34.5. The van der Waals surface area contributed by atoms with Crippen LogP contribution in [0.4, 0.5) is 5.95 Å². The van der Waals surface area contributed by atoms with Crippen molar-refractivity contribution in [1.29, 1.82) is 0 Å². The van der Waals surface area contributed by atoms with Crippen molar-refractivity contribution in [1.82, 2.24) is 35.4 Å². The third-order valence-electron chi connectivity index (χ3n) is 8.82. The molecule has 3 aliphatic rings. The minimum absolute atomic E-state index is 0.0471. The number of rotatable bonds is 8. The highest BCUT2D eigenvalue weighted by Gasteiger charge is 2.64. The van der Waals surface area contributed by atoms with Crippen LogP contribution in [0.2, 0.25) is 0 Å². The highest BCUT2D eigenvalue weighted by Crippen LogP contribution is 2.50. The standard InChI is InChI=1S/C31H34N8O8S/c1-4-19(41)37-9-11-38(12-10-37)30-33-13-17-22(42)18(14-32-24(17)36-30)25(43)34-20(15-5-7-16(40)8-6-15)26(44)35-21-27(45)39-23(29(46)47)31(2,3)48-28(21)39/h5-8,13-14,20-21,23,28,40H,4,9-12H2,1-3H3,(H,34,43)(H,35,44)(H,46,47)(H,32,33,36,42)/t20?,21-,23+,28-/m1/s1. The Kier molecular flexibility index (Phi) is 8.49. The van der Waals surface area contributed by atoms with Crippen LogP contribution < -0.4 is 21.0 Å². The van der Waals surface area contributed by atoms with E-state index >= 15 is 0 Å². The summed E-state index contributed by atoms with van der Waals surface area (Å²) in [5, 5.41) is 24.1. The Hall–Kier alpha value is -5.19. The number of aromatic nitrogens is 3. The average Bonchev–Trinajstić information content (AvgIpc) is 3.33. The van der Waals surface area contributed by atoms with Gasteiger partial charge < -0.3 is 40.5 Å². The maximum Gasteiger partial charge on any atom is 0.327 e. The van der Waals surface area contributed by atoms with Crippen LogP contribution in [0.25, 0.3) is 11.0 Å². The smallest absolute Gasteiger partial charge is 0.327 e. The number of phenolic OH excluding ortho intramolecular Hbond substituents is 1. The van der Waals surface area contributed by atoms with E-state index in [0.29, 0.717) is 38.5 Å². The van der Waals surface area contributed by atoms with E-state index in [4.69, 9.17) is 0 Å². The lowest BCUT2D eigenvalue weighted by Gasteiger charge is -2.44. The summed E-state index contributed by atoms with van der Waals surface area (Å²) in [5.74, 6) is -3.01. The highest BCUT2D eigenvalue weighted by atomic mass is 32.2. The quantitative estimate of drug-likeness (QED) is 0.202. The highest BCUT2D eigenvalue weighted by molar-refractivity contribution is 8.01. The predicted octanol–water partition coefficient (Wildman–Crippen LogP) is 0.185. The van der Waals surface area contributed by atoms with Gasteiger partial charge >= 0.3 is 5.97 Å². The van der Waals surface area contributed by atoms with E-state index < -0.39 is 57.4 Å². The number of carbonyl (C=O) groups is 5. The SMILES string of the molecule is CCC(=O)N1CCN(c2ncc3c(=O)c(C(=O)NC(C(=O)N[C@@H]4C(=O)N5[C@@H]4SC(C)(C)[C@@H]5C(=O)O)c4ccc(O)cc4)c[nH]c3n2)CC1. The molecule has 6 rings (SSSR count). The molecular weight excluding hydrogens is 644 g/mol. The average molecular weight is 679 g/mol. The number of phenols is 1. The topological polar surface area (TPSA) is 218 Å². The molecule has 3 aromatic rings. The number of hydrogen-bond acceptors (Lipinski definition) is 11. The van der Waals surface area contributed by atoms with Crippen LogP contribution in [0.5, 0.6) is 5.75 Å². The van der Waals surface area contributed by atoms with Crippen molar-refractivity contribution >= 4 is 58.3 Å². The first-order valence-corrected chi connectivity index (χ1v) is 16.2. The normalized spacial score (nSPS) is 22.1. The second kappa shape index (κ2) is 12.4. The number of carboxylic acid groups (broad SMARTS) is 1. The molecule has 3 saturated heterocycles. The molecule has 16 nitrogen and oxygen atoms in total. The zero-order valence-electron chi connectivity index (χ0n) is 26.3. The Morgan fingerprint density at radius 2 is 1.79 bits per heavy atom. The molecule has 4 atom stereocenters. The van der Waals surface area contributed by atoms with Gasteiger partial charge in [-0.25, -0.2) is 9.78 Å². The largest absolute Gasteiger partial charge is 0.508 e. The molecule has 0 saturated carbocycles. The molecule has 5 heterocycles. The molecule has 252 valence electrons. The number of fused-ring (bicyclic) bond motifs is 2. The van der Waals surface area contributed by atoms with Gasteiger partial charge in [-0.1, -0.05) is 19.1 Å². The number of thioether (sulfide) groups is 1. The molecule has 0 spiro atoms. The van der Waals surface area contributed by atoms with Gasteiger partial charge in [0.2, 0.25) is 29.1 Å². The number of amides is 4. The lowest BCUT2D eigenvalue weighted by molar-refractivity contribution is -0.161. The number of carbonyl (C=O) groups excluding carboxylic acids is 4. The maximum absolute atomic E-state index is 13.7. The number of nitrogens with one attached hydrogen (secondary N) is 3. The molecule has 3 aliphatic heterocycles. The third kappa shape index (κ3) is 5.78. The minimum Gasteiger partial charge on any atom is -0.508 e. The second-order valence-electron chi connectivity index (χ2n) is 12.3. The van der Waals surface area contributed by atoms with Crippen LogP contribution in [0, 0.1) is 0 Å². The van der Waals surface area contributed by atoms with Crippen LogP contribution in [-0.4, -0.2) is 113 Å². The van der Waals surface area contributed by atoms with Gasteiger partial charge in [-0.15, -0.1) is 11.8 Å². The summed E-state index contributed by atoms with van der Waals surface area (Å²) in [6, 6.07) is 1.99. The fourth-order valence-electron chi connectivity index (χ4n) is 6.26. The van der Waals surface area contributed by atoms with E-state index in [2.05, 4.69) is 25.6 Å². The molecule has 1 unspecified atom stereocenters. The van der Waals surface area contributed by atoms with Crippen molar-refractivity contribution in [2.45, 2.75) is 55.4 Å². The number of hydrogen-bond donors (Lipinski definition) is 5. The monoisotopic (exact) mass is 678 g/mol. The first-order valence-electron chi connectivity index (χ1n) is 15.3. The number of nitrogens with zero attached hydrogens (tertiary/aromatic N) is 5. The number of piperazine rings is 1. The number of pyridine rings is 1. The number of H-pyrrole nitrogens is 1. The van der Waals surface area contributed by atoms with Crippen LogP contribution >= 0.6 is 11.8 Å². The summed E-state index contributed by atoms with van der Waals surface area (Å²) in [4.78, 5) is 94.1. The van der Waals surface area contributed by atoms with Crippen molar-refractivity contribution in [2.75, 3.05) is 31.1 Å². The molecule has 0 radical (unpaired) electrons. The zero-order valence-corrected chi connectivity index (χ0v) is 27.1. The van der Waals surface area contributed by atoms with Crippen molar-refractivity contribution in [3.63, 3.8) is 0 Å². The van der Waals surface area contributed by atoms with Gasteiger partial charge in [-0.2, -0.15) is 4.98 Å². The second-order valence-corrected chi connectivity index (χ2v) is 14.0. The number of aliphatic carboxylic acids is 1. The van der Waals surface area contributed by atoms with Gasteiger partial charge in [0.05, 0.1) is 5.39 Å². The van der Waals surface area contributed by atoms with Crippen LogP contribution in [0.3, 0.4) is 0 Å². The van der Waals surface area contributed by atoms with Gasteiger partial charge in [0, 0.05) is 49.7 Å². The number of aromatic amines is 1. The van der Waals surface area contributed by atoms with Gasteiger partial charge in [-0.05, 0) is 31.5 Å². The molecule has 1 aromatic carbocycles. The first-order chi connectivity index (χ1) is 22.8. The Labute approximate surface area is 277 Å². The van der Waals surface area contributed by atoms with E-state index in [1.54, 1.807) is 18.7 Å². The molecular formula is C31H34N8O8S. The third-order valence-corrected chi connectivity index (χ3v) is 10.4. The summed E-state index contributed by atoms with van der Waals surface area (Å²) in [6.45, 7) is 7.32. The van der Waals surface area contributed by atoms with Crippen LogP contribution in [-0.2, 0) is 19.2 Å². The molecule has 4 amide bonds. The predicted molar refractivity (Wildman–Crippen MR) is 173 cm³/mol. The minimum atomic E-state index is -1.39. The van der Waals surface area contributed by atoms with E-state index in [1.807, 2.05) is 11.8 Å². The van der Waals surface area contributed by atoms with Gasteiger partial charge in [0.15, 0.2) is 0 Å².